The van der Waals surface area contributed by atoms with Crippen LogP contribution < -0.4 is 10.1 Å². The Labute approximate surface area is 165 Å². The summed E-state index contributed by atoms with van der Waals surface area (Å²) in [6, 6.07) is 14.5. The normalized spacial score (nSPS) is 10.6. The molecule has 3 aromatic rings. The molecule has 0 aliphatic carbocycles. The van der Waals surface area contributed by atoms with Crippen molar-refractivity contribution in [3.8, 4) is 5.75 Å². The second-order valence-electron chi connectivity index (χ2n) is 5.69. The molecule has 0 aliphatic rings. The molecule has 0 radical (unpaired) electrons. The number of aromatic nitrogens is 2. The maximum atomic E-state index is 12.4. The summed E-state index contributed by atoms with van der Waals surface area (Å²) >= 11 is 9.29. The zero-order valence-corrected chi connectivity index (χ0v) is 16.4. The van der Waals surface area contributed by atoms with E-state index < -0.39 is 0 Å². The molecule has 1 heterocycles. The van der Waals surface area contributed by atoms with Gasteiger partial charge in [0.15, 0.2) is 0 Å². The van der Waals surface area contributed by atoms with Crippen molar-refractivity contribution in [1.82, 2.24) is 15.1 Å². The lowest BCUT2D eigenvalue weighted by atomic mass is 10.1. The Kier molecular flexibility index (Phi) is 5.96. The van der Waals surface area contributed by atoms with E-state index in [1.807, 2.05) is 37.4 Å². The van der Waals surface area contributed by atoms with E-state index in [1.54, 1.807) is 29.1 Å². The van der Waals surface area contributed by atoms with Crippen molar-refractivity contribution >= 4 is 33.4 Å². The molecule has 7 heteroatoms. The average molecular weight is 435 g/mol. The number of carbonyl (C=O) groups is 1. The lowest BCUT2D eigenvalue weighted by Gasteiger charge is -2.09. The highest BCUT2D eigenvalue weighted by molar-refractivity contribution is 9.10. The van der Waals surface area contributed by atoms with Crippen molar-refractivity contribution < 1.29 is 9.53 Å². The Morgan fingerprint density at radius 3 is 2.73 bits per heavy atom. The molecule has 1 N–H and O–H groups in total. The Bertz CT molecular complexity index is 890. The van der Waals surface area contributed by atoms with Gasteiger partial charge in [0.2, 0.25) is 0 Å². The fraction of sp³-hybridized carbons (Fsp3) is 0.158. The molecule has 134 valence electrons. The van der Waals surface area contributed by atoms with E-state index in [9.17, 15) is 4.79 Å². The van der Waals surface area contributed by atoms with E-state index >= 15 is 0 Å². The van der Waals surface area contributed by atoms with E-state index in [0.29, 0.717) is 23.7 Å². The first-order chi connectivity index (χ1) is 12.5. The third-order valence-electron chi connectivity index (χ3n) is 3.84. The van der Waals surface area contributed by atoms with Gasteiger partial charge in [0.05, 0.1) is 22.9 Å². The molecule has 3 rings (SSSR count). The van der Waals surface area contributed by atoms with Crippen LogP contribution in [0.3, 0.4) is 0 Å². The topological polar surface area (TPSA) is 56.2 Å². The lowest BCUT2D eigenvalue weighted by molar-refractivity contribution is 0.0950. The SMILES string of the molecule is Cn1ncc(Br)c1CNC(=O)c1cccc(COc2ccc(Cl)cc2)c1. The molecule has 1 aromatic heterocycles. The molecule has 5 nitrogen and oxygen atoms in total. The predicted molar refractivity (Wildman–Crippen MR) is 104 cm³/mol. The standard InChI is InChI=1S/C19H17BrClN3O2/c1-24-18(17(20)10-23-24)11-22-19(25)14-4-2-3-13(9-14)12-26-16-7-5-15(21)6-8-16/h2-10H,11-12H2,1H3,(H,22,25). The van der Waals surface area contributed by atoms with Gasteiger partial charge in [-0.15, -0.1) is 0 Å². The average Bonchev–Trinajstić information content (AvgIpc) is 2.97. The van der Waals surface area contributed by atoms with Crippen LogP contribution in [0.15, 0.2) is 59.2 Å². The molecular formula is C19H17BrClN3O2. The van der Waals surface area contributed by atoms with Crippen molar-refractivity contribution in [2.45, 2.75) is 13.2 Å². The summed E-state index contributed by atoms with van der Waals surface area (Å²) in [5.74, 6) is 0.580. The number of hydrogen-bond donors (Lipinski definition) is 1. The molecule has 2 aromatic carbocycles. The van der Waals surface area contributed by atoms with E-state index in [2.05, 4.69) is 26.3 Å². The minimum Gasteiger partial charge on any atom is -0.489 e. The van der Waals surface area contributed by atoms with Gasteiger partial charge in [0.25, 0.3) is 5.91 Å². The van der Waals surface area contributed by atoms with Crippen LogP contribution in [0.5, 0.6) is 5.75 Å². The molecule has 0 spiro atoms. The highest BCUT2D eigenvalue weighted by Crippen LogP contribution is 2.18. The van der Waals surface area contributed by atoms with Crippen LogP contribution in [0.1, 0.15) is 21.6 Å². The summed E-state index contributed by atoms with van der Waals surface area (Å²) in [5.41, 5.74) is 2.40. The smallest absolute Gasteiger partial charge is 0.251 e. The van der Waals surface area contributed by atoms with Crippen molar-refractivity contribution in [3.05, 3.63) is 81.0 Å². The van der Waals surface area contributed by atoms with Crippen molar-refractivity contribution in [2.75, 3.05) is 0 Å². The van der Waals surface area contributed by atoms with Crippen LogP contribution >= 0.6 is 27.5 Å². The fourth-order valence-corrected chi connectivity index (χ4v) is 3.02. The highest BCUT2D eigenvalue weighted by atomic mass is 79.9. The summed E-state index contributed by atoms with van der Waals surface area (Å²) in [5, 5.41) is 7.70. The predicted octanol–water partition coefficient (Wildman–Crippen LogP) is 4.35. The molecule has 0 aliphatic heterocycles. The molecular weight excluding hydrogens is 418 g/mol. The van der Waals surface area contributed by atoms with Crippen molar-refractivity contribution in [2.24, 2.45) is 7.05 Å². The highest BCUT2D eigenvalue weighted by Gasteiger charge is 2.10. The Hall–Kier alpha value is -2.31. The van der Waals surface area contributed by atoms with Gasteiger partial charge in [0.1, 0.15) is 12.4 Å². The summed E-state index contributed by atoms with van der Waals surface area (Å²) in [6.07, 6.45) is 1.70. The third kappa shape index (κ3) is 4.65. The van der Waals surface area contributed by atoms with Gasteiger partial charge >= 0.3 is 0 Å². The molecule has 0 fully saturated rings. The molecule has 1 amide bonds. The largest absolute Gasteiger partial charge is 0.489 e. The second-order valence-corrected chi connectivity index (χ2v) is 6.98. The van der Waals surface area contributed by atoms with Crippen molar-refractivity contribution in [1.29, 1.82) is 0 Å². The van der Waals surface area contributed by atoms with Gasteiger partial charge in [-0.1, -0.05) is 23.7 Å². The Balaban J connectivity index is 1.61. The first kappa shape index (κ1) is 18.5. The van der Waals surface area contributed by atoms with Gasteiger partial charge in [0, 0.05) is 17.6 Å². The number of aryl methyl sites for hydroxylation is 1. The van der Waals surface area contributed by atoms with Crippen LogP contribution in [-0.4, -0.2) is 15.7 Å². The second kappa shape index (κ2) is 8.38. The molecule has 0 saturated carbocycles. The Morgan fingerprint density at radius 2 is 2.04 bits per heavy atom. The lowest BCUT2D eigenvalue weighted by Crippen LogP contribution is -2.24. The number of ether oxygens (including phenoxy) is 1. The number of halogens is 2. The quantitative estimate of drug-likeness (QED) is 0.628. The van der Waals surface area contributed by atoms with Crippen LogP contribution in [0.2, 0.25) is 5.02 Å². The molecule has 0 atom stereocenters. The van der Waals surface area contributed by atoms with E-state index in [-0.39, 0.29) is 5.91 Å². The van der Waals surface area contributed by atoms with Gasteiger partial charge < -0.3 is 10.1 Å². The molecule has 26 heavy (non-hydrogen) atoms. The van der Waals surface area contributed by atoms with Gasteiger partial charge in [-0.25, -0.2) is 0 Å². The maximum Gasteiger partial charge on any atom is 0.251 e. The summed E-state index contributed by atoms with van der Waals surface area (Å²) in [7, 11) is 1.83. The van der Waals surface area contributed by atoms with Crippen LogP contribution in [0.4, 0.5) is 0 Å². The first-order valence-corrected chi connectivity index (χ1v) is 9.12. The van der Waals surface area contributed by atoms with E-state index in [0.717, 1.165) is 21.5 Å². The van der Waals surface area contributed by atoms with E-state index in [4.69, 9.17) is 16.3 Å². The zero-order valence-electron chi connectivity index (χ0n) is 14.1. The zero-order chi connectivity index (χ0) is 18.5. The van der Waals surface area contributed by atoms with Gasteiger partial charge in [-0.3, -0.25) is 9.48 Å². The van der Waals surface area contributed by atoms with Gasteiger partial charge in [-0.05, 0) is 57.9 Å². The third-order valence-corrected chi connectivity index (χ3v) is 4.75. The fourth-order valence-electron chi connectivity index (χ4n) is 2.40. The summed E-state index contributed by atoms with van der Waals surface area (Å²) in [4.78, 5) is 12.4. The molecule has 0 bridgehead atoms. The van der Waals surface area contributed by atoms with Crippen LogP contribution in [0, 0.1) is 0 Å². The summed E-state index contributed by atoms with van der Waals surface area (Å²) in [6.45, 7) is 0.761. The number of carbonyl (C=O) groups excluding carboxylic acids is 1. The van der Waals surface area contributed by atoms with E-state index in [1.165, 1.54) is 0 Å². The molecule has 0 unspecified atom stereocenters. The number of hydrogen-bond acceptors (Lipinski definition) is 3. The Morgan fingerprint density at radius 1 is 1.27 bits per heavy atom. The molecule has 0 saturated heterocycles. The number of nitrogens with one attached hydrogen (secondary N) is 1. The first-order valence-electron chi connectivity index (χ1n) is 7.95. The maximum absolute atomic E-state index is 12.4. The number of rotatable bonds is 6. The minimum atomic E-state index is -0.147. The number of benzene rings is 2. The number of amides is 1. The van der Waals surface area contributed by atoms with Crippen LogP contribution in [-0.2, 0) is 20.2 Å². The minimum absolute atomic E-state index is 0.147. The monoisotopic (exact) mass is 433 g/mol. The number of nitrogens with zero attached hydrogens (tertiary/aromatic N) is 2. The van der Waals surface area contributed by atoms with Crippen LogP contribution in [0.25, 0.3) is 0 Å². The summed E-state index contributed by atoms with van der Waals surface area (Å²) < 4.78 is 8.31. The van der Waals surface area contributed by atoms with Crippen molar-refractivity contribution in [3.63, 3.8) is 0 Å². The van der Waals surface area contributed by atoms with Gasteiger partial charge in [-0.2, -0.15) is 5.10 Å².